The fourth-order valence-corrected chi connectivity index (χ4v) is 2.13. The van der Waals surface area contributed by atoms with Crippen LogP contribution in [0.4, 0.5) is 11.4 Å². The van der Waals surface area contributed by atoms with Crippen molar-refractivity contribution >= 4 is 34.8 Å². The van der Waals surface area contributed by atoms with E-state index in [1.807, 2.05) is 0 Å². The second-order valence-electron chi connectivity index (χ2n) is 4.44. The van der Waals surface area contributed by atoms with Gasteiger partial charge in [0.15, 0.2) is 0 Å². The number of amides is 2. The van der Waals surface area contributed by atoms with Gasteiger partial charge >= 0.3 is 0 Å². The van der Waals surface area contributed by atoms with Gasteiger partial charge in [0.2, 0.25) is 5.91 Å². The molecule has 1 atom stereocenters. The largest absolute Gasteiger partial charge is 0.368 e. The zero-order chi connectivity index (χ0) is 14.5. The second-order valence-corrected chi connectivity index (χ2v) is 4.85. The van der Waals surface area contributed by atoms with Gasteiger partial charge in [-0.2, -0.15) is 0 Å². The molecule has 0 spiro atoms. The molecule has 7 heteroatoms. The lowest BCUT2D eigenvalue weighted by molar-refractivity contribution is -0.124. The summed E-state index contributed by atoms with van der Waals surface area (Å²) in [6.07, 6.45) is 1.19. The topological polar surface area (TPSA) is 93.5 Å². The molecule has 1 unspecified atom stereocenters. The van der Waals surface area contributed by atoms with Crippen LogP contribution < -0.4 is 16.4 Å². The summed E-state index contributed by atoms with van der Waals surface area (Å²) in [6, 6.07) is 4.83. The molecule has 1 aromatic rings. The van der Waals surface area contributed by atoms with Crippen LogP contribution in [0.25, 0.3) is 0 Å². The minimum absolute atomic E-state index is 0.102. The van der Waals surface area contributed by atoms with Crippen molar-refractivity contribution in [2.24, 2.45) is 5.73 Å². The third kappa shape index (κ3) is 3.69. The summed E-state index contributed by atoms with van der Waals surface area (Å²) in [5, 5.41) is 5.63. The number of carbonyl (C=O) groups excluding carboxylic acids is 2. The lowest BCUT2D eigenvalue weighted by atomic mass is 10.2. The molecular weight excluding hydrogens is 282 g/mol. The first kappa shape index (κ1) is 14.8. The Labute approximate surface area is 121 Å². The Hall–Kier alpha value is -1.63. The molecule has 2 rings (SSSR count). The summed E-state index contributed by atoms with van der Waals surface area (Å²) < 4.78 is 5.29. The molecule has 2 amide bonds. The Bertz CT molecular complexity index is 516. The fourth-order valence-electron chi connectivity index (χ4n) is 1.90. The number of hydrogen-bond acceptors (Lipinski definition) is 4. The lowest BCUT2D eigenvalue weighted by Gasteiger charge is -2.12. The van der Waals surface area contributed by atoms with Gasteiger partial charge in [0.05, 0.1) is 17.3 Å². The second kappa shape index (κ2) is 6.69. The molecule has 4 N–H and O–H groups in total. The third-order valence-corrected chi connectivity index (χ3v) is 3.23. The van der Waals surface area contributed by atoms with Crippen molar-refractivity contribution in [3.05, 3.63) is 23.2 Å². The molecular formula is C13H16ClN3O3. The molecule has 20 heavy (non-hydrogen) atoms. The molecule has 1 aromatic carbocycles. The highest BCUT2D eigenvalue weighted by Gasteiger charge is 2.24. The summed E-state index contributed by atoms with van der Waals surface area (Å²) >= 11 is 6.07. The highest BCUT2D eigenvalue weighted by Crippen LogP contribution is 2.26. The molecule has 0 bridgehead atoms. The summed E-state index contributed by atoms with van der Waals surface area (Å²) in [5.74, 6) is -0.514. The minimum Gasteiger partial charge on any atom is -0.368 e. The SMILES string of the molecule is NCC(=O)Nc1ccc(NC(=O)C2CCCO2)c(Cl)c1. The minimum atomic E-state index is -0.414. The highest BCUT2D eigenvalue weighted by molar-refractivity contribution is 6.34. The summed E-state index contributed by atoms with van der Waals surface area (Å²) in [4.78, 5) is 23.1. The van der Waals surface area contributed by atoms with Crippen molar-refractivity contribution in [3.63, 3.8) is 0 Å². The molecule has 1 heterocycles. The molecule has 6 nitrogen and oxygen atoms in total. The van der Waals surface area contributed by atoms with Crippen LogP contribution in [0.15, 0.2) is 18.2 Å². The number of carbonyl (C=O) groups is 2. The zero-order valence-corrected chi connectivity index (χ0v) is 11.6. The van der Waals surface area contributed by atoms with Crippen molar-refractivity contribution in [2.45, 2.75) is 18.9 Å². The van der Waals surface area contributed by atoms with Gasteiger partial charge in [0.1, 0.15) is 6.10 Å². The lowest BCUT2D eigenvalue weighted by Crippen LogP contribution is -2.27. The molecule has 1 fully saturated rings. The fraction of sp³-hybridized carbons (Fsp3) is 0.385. The normalized spacial score (nSPS) is 17.8. The Balaban J connectivity index is 2.01. The number of nitrogens with one attached hydrogen (secondary N) is 2. The summed E-state index contributed by atoms with van der Waals surface area (Å²) in [5.41, 5.74) is 6.22. The summed E-state index contributed by atoms with van der Waals surface area (Å²) in [6.45, 7) is 0.505. The van der Waals surface area contributed by atoms with Crippen LogP contribution in [0.1, 0.15) is 12.8 Å². The predicted octanol–water partition coefficient (Wildman–Crippen LogP) is 1.35. The first-order chi connectivity index (χ1) is 9.60. The number of anilines is 2. The monoisotopic (exact) mass is 297 g/mol. The predicted molar refractivity (Wildman–Crippen MR) is 76.7 cm³/mol. The number of ether oxygens (including phenoxy) is 1. The van der Waals surface area contributed by atoms with Crippen LogP contribution in [0.3, 0.4) is 0 Å². The number of halogens is 1. The van der Waals surface area contributed by atoms with Crippen LogP contribution in [0.5, 0.6) is 0 Å². The number of rotatable bonds is 4. The van der Waals surface area contributed by atoms with Crippen LogP contribution >= 0.6 is 11.6 Å². The van der Waals surface area contributed by atoms with Crippen molar-refractivity contribution < 1.29 is 14.3 Å². The molecule has 1 saturated heterocycles. The van der Waals surface area contributed by atoms with Crippen molar-refractivity contribution in [1.29, 1.82) is 0 Å². The van der Waals surface area contributed by atoms with Gasteiger partial charge in [-0.25, -0.2) is 0 Å². The molecule has 1 aliphatic heterocycles. The van der Waals surface area contributed by atoms with E-state index in [9.17, 15) is 9.59 Å². The van der Waals surface area contributed by atoms with Gasteiger partial charge in [0, 0.05) is 12.3 Å². The smallest absolute Gasteiger partial charge is 0.253 e. The standard InChI is InChI=1S/C13H16ClN3O3/c14-9-6-8(16-12(18)7-15)3-4-10(9)17-13(19)11-2-1-5-20-11/h3-4,6,11H,1-2,5,7,15H2,(H,16,18)(H,17,19). The molecule has 108 valence electrons. The van der Waals surface area contributed by atoms with Crippen molar-refractivity contribution in [3.8, 4) is 0 Å². The molecule has 0 radical (unpaired) electrons. The maximum Gasteiger partial charge on any atom is 0.253 e. The van der Waals surface area contributed by atoms with E-state index in [0.29, 0.717) is 29.4 Å². The number of benzene rings is 1. The van der Waals surface area contributed by atoms with E-state index in [-0.39, 0.29) is 18.4 Å². The van der Waals surface area contributed by atoms with Crippen molar-refractivity contribution in [2.75, 3.05) is 23.8 Å². The summed E-state index contributed by atoms with van der Waals surface area (Å²) in [7, 11) is 0. The van der Waals surface area contributed by atoms with Gasteiger partial charge in [-0.3, -0.25) is 9.59 Å². The first-order valence-electron chi connectivity index (χ1n) is 6.32. The van der Waals surface area contributed by atoms with E-state index in [2.05, 4.69) is 10.6 Å². The van der Waals surface area contributed by atoms with E-state index in [4.69, 9.17) is 22.1 Å². The van der Waals surface area contributed by atoms with Crippen LogP contribution in [-0.2, 0) is 14.3 Å². The first-order valence-corrected chi connectivity index (χ1v) is 6.70. The van der Waals surface area contributed by atoms with E-state index >= 15 is 0 Å². The van der Waals surface area contributed by atoms with Crippen LogP contribution in [0, 0.1) is 0 Å². The van der Waals surface area contributed by atoms with Crippen LogP contribution in [-0.4, -0.2) is 31.1 Å². The quantitative estimate of drug-likeness (QED) is 0.782. The van der Waals surface area contributed by atoms with Gasteiger partial charge in [-0.1, -0.05) is 11.6 Å². The van der Waals surface area contributed by atoms with E-state index in [1.54, 1.807) is 18.2 Å². The molecule has 0 aromatic heterocycles. The Kier molecular flexibility index (Phi) is 4.94. The van der Waals surface area contributed by atoms with E-state index < -0.39 is 6.10 Å². The Morgan fingerprint density at radius 1 is 1.40 bits per heavy atom. The third-order valence-electron chi connectivity index (χ3n) is 2.92. The van der Waals surface area contributed by atoms with Gasteiger partial charge in [0.25, 0.3) is 5.91 Å². The van der Waals surface area contributed by atoms with Crippen molar-refractivity contribution in [1.82, 2.24) is 0 Å². The zero-order valence-electron chi connectivity index (χ0n) is 10.8. The van der Waals surface area contributed by atoms with Gasteiger partial charge in [-0.15, -0.1) is 0 Å². The maximum absolute atomic E-state index is 11.9. The average molecular weight is 298 g/mol. The molecule has 0 saturated carbocycles. The molecule has 1 aliphatic rings. The van der Waals surface area contributed by atoms with Crippen LogP contribution in [0.2, 0.25) is 5.02 Å². The number of hydrogen-bond donors (Lipinski definition) is 3. The van der Waals surface area contributed by atoms with E-state index in [0.717, 1.165) is 6.42 Å². The number of nitrogens with two attached hydrogens (primary N) is 1. The molecule has 0 aliphatic carbocycles. The van der Waals surface area contributed by atoms with E-state index in [1.165, 1.54) is 0 Å². The average Bonchev–Trinajstić information content (AvgIpc) is 2.95. The van der Waals surface area contributed by atoms with Gasteiger partial charge in [-0.05, 0) is 31.0 Å². The Morgan fingerprint density at radius 3 is 2.80 bits per heavy atom. The maximum atomic E-state index is 11.9. The Morgan fingerprint density at radius 2 is 2.20 bits per heavy atom. The highest BCUT2D eigenvalue weighted by atomic mass is 35.5. The van der Waals surface area contributed by atoms with Gasteiger partial charge < -0.3 is 21.1 Å².